The van der Waals surface area contributed by atoms with Crippen molar-refractivity contribution in [3.05, 3.63) is 24.3 Å². The number of anilines is 1. The number of benzene rings is 1. The maximum Gasteiger partial charge on any atom is 0.151 e. The van der Waals surface area contributed by atoms with Gasteiger partial charge in [-0.25, -0.2) is 8.42 Å². The molecule has 1 aromatic rings. The van der Waals surface area contributed by atoms with Crippen LogP contribution in [0.15, 0.2) is 24.3 Å². The molecular weight excluding hydrogens is 276 g/mol. The summed E-state index contributed by atoms with van der Waals surface area (Å²) < 4.78 is 28.6. The molecule has 112 valence electrons. The van der Waals surface area contributed by atoms with Gasteiger partial charge in [0.1, 0.15) is 5.75 Å². The van der Waals surface area contributed by atoms with Crippen LogP contribution in [0.3, 0.4) is 0 Å². The quantitative estimate of drug-likeness (QED) is 0.652. The van der Waals surface area contributed by atoms with Crippen molar-refractivity contribution in [1.82, 2.24) is 4.90 Å². The van der Waals surface area contributed by atoms with E-state index in [2.05, 4.69) is 4.90 Å². The molecule has 0 saturated carbocycles. The van der Waals surface area contributed by atoms with Gasteiger partial charge < -0.3 is 15.4 Å². The highest BCUT2D eigenvalue weighted by Crippen LogP contribution is 2.19. The lowest BCUT2D eigenvalue weighted by atomic mass is 10.3. The highest BCUT2D eigenvalue weighted by molar-refractivity contribution is 7.91. The van der Waals surface area contributed by atoms with Gasteiger partial charge in [-0.05, 0) is 31.5 Å². The predicted molar refractivity (Wildman–Crippen MR) is 80.7 cm³/mol. The van der Waals surface area contributed by atoms with Crippen molar-refractivity contribution in [2.45, 2.75) is 12.8 Å². The van der Waals surface area contributed by atoms with Gasteiger partial charge in [-0.15, -0.1) is 0 Å². The van der Waals surface area contributed by atoms with Crippen LogP contribution in [0.4, 0.5) is 5.69 Å². The number of para-hydroxylation sites is 2. The van der Waals surface area contributed by atoms with Crippen LogP contribution in [-0.2, 0) is 9.84 Å². The number of nitrogens with two attached hydrogens (primary N) is 1. The summed E-state index contributed by atoms with van der Waals surface area (Å²) in [5.74, 6) is 1.31. The van der Waals surface area contributed by atoms with Crippen LogP contribution in [0.1, 0.15) is 12.8 Å². The minimum atomic E-state index is -2.82. The van der Waals surface area contributed by atoms with E-state index in [-0.39, 0.29) is 5.75 Å². The van der Waals surface area contributed by atoms with Crippen LogP contribution in [0.5, 0.6) is 5.75 Å². The fourth-order valence-electron chi connectivity index (χ4n) is 2.30. The Balaban J connectivity index is 1.70. The van der Waals surface area contributed by atoms with E-state index in [1.807, 2.05) is 24.3 Å². The van der Waals surface area contributed by atoms with Gasteiger partial charge in [-0.3, -0.25) is 0 Å². The molecule has 2 N–H and O–H groups in total. The SMILES string of the molecule is Nc1ccccc1OCCCN1CCCS(=O)(=O)CC1. The monoisotopic (exact) mass is 298 g/mol. The molecule has 0 radical (unpaired) electrons. The Morgan fingerprint density at radius 1 is 1.20 bits per heavy atom. The largest absolute Gasteiger partial charge is 0.491 e. The van der Waals surface area contributed by atoms with Crippen molar-refractivity contribution in [2.24, 2.45) is 0 Å². The van der Waals surface area contributed by atoms with Crippen LogP contribution in [0, 0.1) is 0 Å². The molecule has 0 amide bonds. The van der Waals surface area contributed by atoms with Crippen molar-refractivity contribution in [3.8, 4) is 5.75 Å². The van der Waals surface area contributed by atoms with Gasteiger partial charge in [0.05, 0.1) is 23.8 Å². The summed E-state index contributed by atoms with van der Waals surface area (Å²) in [6.45, 7) is 2.95. The third-order valence-corrected chi connectivity index (χ3v) is 5.16. The molecule has 0 unspecified atom stereocenters. The summed E-state index contributed by atoms with van der Waals surface area (Å²) in [4.78, 5) is 2.20. The summed E-state index contributed by atoms with van der Waals surface area (Å²) in [6.07, 6.45) is 1.60. The van der Waals surface area contributed by atoms with Crippen molar-refractivity contribution in [3.63, 3.8) is 0 Å². The molecule has 6 heteroatoms. The Morgan fingerprint density at radius 2 is 2.00 bits per heavy atom. The Hall–Kier alpha value is -1.27. The van der Waals surface area contributed by atoms with Gasteiger partial charge in [0.2, 0.25) is 0 Å². The molecule has 1 aliphatic rings. The van der Waals surface area contributed by atoms with E-state index in [9.17, 15) is 8.42 Å². The lowest BCUT2D eigenvalue weighted by molar-refractivity contribution is 0.246. The third-order valence-electron chi connectivity index (χ3n) is 3.44. The first-order valence-electron chi connectivity index (χ1n) is 6.97. The van der Waals surface area contributed by atoms with Crippen LogP contribution in [0.25, 0.3) is 0 Å². The van der Waals surface area contributed by atoms with Gasteiger partial charge in [0.15, 0.2) is 9.84 Å². The van der Waals surface area contributed by atoms with Gasteiger partial charge in [0, 0.05) is 13.1 Å². The van der Waals surface area contributed by atoms with E-state index >= 15 is 0 Å². The molecule has 0 aliphatic carbocycles. The summed E-state index contributed by atoms with van der Waals surface area (Å²) >= 11 is 0. The zero-order valence-corrected chi connectivity index (χ0v) is 12.4. The first-order valence-corrected chi connectivity index (χ1v) is 8.79. The fraction of sp³-hybridized carbons (Fsp3) is 0.571. The second-order valence-electron chi connectivity index (χ2n) is 5.09. The molecule has 1 aromatic carbocycles. The van der Waals surface area contributed by atoms with Gasteiger partial charge in [-0.1, -0.05) is 12.1 Å². The van der Waals surface area contributed by atoms with Crippen molar-refractivity contribution in [2.75, 3.05) is 43.5 Å². The zero-order chi connectivity index (χ0) is 14.4. The molecule has 20 heavy (non-hydrogen) atoms. The molecule has 0 aromatic heterocycles. The van der Waals surface area contributed by atoms with Crippen LogP contribution in [-0.4, -0.2) is 51.1 Å². The van der Waals surface area contributed by atoms with E-state index in [4.69, 9.17) is 10.5 Å². The number of sulfone groups is 1. The number of rotatable bonds is 5. The zero-order valence-electron chi connectivity index (χ0n) is 11.6. The topological polar surface area (TPSA) is 72.6 Å². The average molecular weight is 298 g/mol. The van der Waals surface area contributed by atoms with Crippen molar-refractivity contribution >= 4 is 15.5 Å². The summed E-state index contributed by atoms with van der Waals surface area (Å²) in [5.41, 5.74) is 6.44. The summed E-state index contributed by atoms with van der Waals surface area (Å²) in [6, 6.07) is 7.44. The van der Waals surface area contributed by atoms with Crippen LogP contribution >= 0.6 is 0 Å². The van der Waals surface area contributed by atoms with Crippen LogP contribution in [0.2, 0.25) is 0 Å². The van der Waals surface area contributed by atoms with Gasteiger partial charge in [-0.2, -0.15) is 0 Å². The third kappa shape index (κ3) is 4.68. The highest BCUT2D eigenvalue weighted by Gasteiger charge is 2.18. The molecular formula is C14H22N2O3S. The second-order valence-corrected chi connectivity index (χ2v) is 7.39. The molecule has 1 aliphatic heterocycles. The Labute approximate surface area is 120 Å². The Morgan fingerprint density at radius 3 is 2.80 bits per heavy atom. The smallest absolute Gasteiger partial charge is 0.151 e. The lowest BCUT2D eigenvalue weighted by Crippen LogP contribution is -2.29. The van der Waals surface area contributed by atoms with Crippen LogP contribution < -0.4 is 10.5 Å². The normalized spacial score (nSPS) is 19.4. The average Bonchev–Trinajstić information content (AvgIpc) is 2.58. The van der Waals surface area contributed by atoms with Gasteiger partial charge in [0.25, 0.3) is 0 Å². The highest BCUT2D eigenvalue weighted by atomic mass is 32.2. The molecule has 0 spiro atoms. The number of hydrogen-bond donors (Lipinski definition) is 1. The number of ether oxygens (including phenoxy) is 1. The maximum atomic E-state index is 11.5. The standard InChI is InChI=1S/C14H22N2O3S/c15-13-5-1-2-6-14(13)19-10-3-7-16-8-4-11-20(17,18)12-9-16/h1-2,5-6H,3-4,7-12,15H2. The molecule has 0 bridgehead atoms. The first kappa shape index (κ1) is 15.1. The number of nitrogens with zero attached hydrogens (tertiary/aromatic N) is 1. The minimum Gasteiger partial charge on any atom is -0.491 e. The van der Waals surface area contributed by atoms with E-state index in [1.165, 1.54) is 0 Å². The van der Waals surface area contributed by atoms with E-state index in [0.717, 1.165) is 25.9 Å². The summed E-state index contributed by atoms with van der Waals surface area (Å²) in [7, 11) is -2.82. The Bertz CT molecular complexity index is 531. The molecule has 0 atom stereocenters. The van der Waals surface area contributed by atoms with E-state index in [0.29, 0.717) is 30.3 Å². The van der Waals surface area contributed by atoms with E-state index in [1.54, 1.807) is 0 Å². The first-order chi connectivity index (χ1) is 9.57. The maximum absolute atomic E-state index is 11.5. The molecule has 1 heterocycles. The van der Waals surface area contributed by atoms with Crippen molar-refractivity contribution in [1.29, 1.82) is 0 Å². The van der Waals surface area contributed by atoms with Gasteiger partial charge >= 0.3 is 0 Å². The molecule has 1 fully saturated rings. The number of nitrogen functional groups attached to an aromatic ring is 1. The predicted octanol–water partition coefficient (Wildman–Crippen LogP) is 1.16. The number of hydrogen-bond acceptors (Lipinski definition) is 5. The minimum absolute atomic E-state index is 0.277. The lowest BCUT2D eigenvalue weighted by Gasteiger charge is -2.19. The van der Waals surface area contributed by atoms with Crippen molar-refractivity contribution < 1.29 is 13.2 Å². The molecule has 2 rings (SSSR count). The van der Waals surface area contributed by atoms with E-state index < -0.39 is 9.84 Å². The fourth-order valence-corrected chi connectivity index (χ4v) is 3.61. The molecule has 5 nitrogen and oxygen atoms in total. The summed E-state index contributed by atoms with van der Waals surface area (Å²) in [5, 5.41) is 0. The molecule has 1 saturated heterocycles. The second kappa shape index (κ2) is 6.95. The Kier molecular flexibility index (Phi) is 5.25.